The molecule has 1 N–H and O–H groups in total. The number of fused-ring (bicyclic) bond motifs is 1. The number of aromatic nitrogens is 4. The van der Waals surface area contributed by atoms with Crippen LogP contribution in [0.5, 0.6) is 5.75 Å². The van der Waals surface area contributed by atoms with Gasteiger partial charge in [0.15, 0.2) is 0 Å². The lowest BCUT2D eigenvalue weighted by molar-refractivity contribution is -0.274. The molecule has 0 fully saturated rings. The van der Waals surface area contributed by atoms with Crippen molar-refractivity contribution < 1.29 is 22.4 Å². The fourth-order valence-corrected chi connectivity index (χ4v) is 4.64. The molecule has 184 valence electrons. The first-order valence-electron chi connectivity index (χ1n) is 11.1. The van der Waals surface area contributed by atoms with Gasteiger partial charge in [-0.3, -0.25) is 0 Å². The molecule has 0 saturated heterocycles. The maximum absolute atomic E-state index is 12.3. The van der Waals surface area contributed by atoms with E-state index in [9.17, 15) is 13.2 Å². The number of halogens is 3. The summed E-state index contributed by atoms with van der Waals surface area (Å²) in [6.07, 6.45) is -1.73. The molecule has 3 aromatic heterocycles. The van der Waals surface area contributed by atoms with Crippen molar-refractivity contribution in [2.24, 2.45) is 0 Å². The fourth-order valence-electron chi connectivity index (χ4n) is 3.76. The SMILES string of the molecule is Cc1cc2c(NCCCc3ccc(-c4ccc(OC(F)(F)F)cc4)cc3)nc(-c3ncon3)nc2s1. The fraction of sp³-hybridized carbons (Fsp3) is 0.200. The monoisotopic (exact) mass is 511 g/mol. The summed E-state index contributed by atoms with van der Waals surface area (Å²) in [6, 6.07) is 15.9. The van der Waals surface area contributed by atoms with Crippen LogP contribution in [0.15, 0.2) is 65.5 Å². The Kier molecular flexibility index (Phi) is 6.55. The normalized spacial score (nSPS) is 11.7. The van der Waals surface area contributed by atoms with Crippen LogP contribution in [0.2, 0.25) is 0 Å². The molecular formula is C25H20F3N5O2S. The van der Waals surface area contributed by atoms with Crippen molar-refractivity contribution >= 4 is 27.4 Å². The predicted octanol–water partition coefficient (Wildman–Crippen LogP) is 6.66. The Morgan fingerprint density at radius 1 is 0.972 bits per heavy atom. The first-order chi connectivity index (χ1) is 17.3. The van der Waals surface area contributed by atoms with Crippen molar-refractivity contribution in [2.75, 3.05) is 11.9 Å². The molecule has 0 saturated carbocycles. The number of hydrogen-bond acceptors (Lipinski definition) is 8. The highest BCUT2D eigenvalue weighted by Gasteiger charge is 2.30. The summed E-state index contributed by atoms with van der Waals surface area (Å²) in [5.41, 5.74) is 2.89. The number of thiophene rings is 1. The van der Waals surface area contributed by atoms with Gasteiger partial charge in [0.25, 0.3) is 0 Å². The maximum atomic E-state index is 12.3. The third-order valence-corrected chi connectivity index (χ3v) is 6.33. The molecule has 0 radical (unpaired) electrons. The van der Waals surface area contributed by atoms with E-state index >= 15 is 0 Å². The number of nitrogens with zero attached hydrogens (tertiary/aromatic N) is 4. The Labute approximate surface area is 208 Å². The minimum Gasteiger partial charge on any atom is -0.406 e. The number of aryl methyl sites for hydroxylation is 2. The van der Waals surface area contributed by atoms with E-state index in [1.807, 2.05) is 31.2 Å². The Balaban J connectivity index is 1.20. The van der Waals surface area contributed by atoms with Gasteiger partial charge in [0.1, 0.15) is 16.4 Å². The summed E-state index contributed by atoms with van der Waals surface area (Å²) in [5.74, 6) is 1.25. The van der Waals surface area contributed by atoms with E-state index in [4.69, 9.17) is 4.52 Å². The van der Waals surface area contributed by atoms with Gasteiger partial charge in [-0.1, -0.05) is 41.6 Å². The molecule has 0 unspecified atom stereocenters. The van der Waals surface area contributed by atoms with E-state index in [0.717, 1.165) is 50.4 Å². The molecule has 36 heavy (non-hydrogen) atoms. The summed E-state index contributed by atoms with van der Waals surface area (Å²) < 4.78 is 45.8. The van der Waals surface area contributed by atoms with Crippen molar-refractivity contribution in [3.05, 3.63) is 71.4 Å². The molecule has 11 heteroatoms. The number of nitrogens with one attached hydrogen (secondary N) is 1. The molecule has 0 aliphatic rings. The van der Waals surface area contributed by atoms with Gasteiger partial charge in [-0.25, -0.2) is 9.97 Å². The third-order valence-electron chi connectivity index (χ3n) is 5.39. The molecule has 5 rings (SSSR count). The van der Waals surface area contributed by atoms with E-state index in [2.05, 4.69) is 36.2 Å². The quantitative estimate of drug-likeness (QED) is 0.233. The van der Waals surface area contributed by atoms with E-state index < -0.39 is 6.36 Å². The average Bonchev–Trinajstić information content (AvgIpc) is 3.51. The highest BCUT2D eigenvalue weighted by molar-refractivity contribution is 7.18. The number of hydrogen-bond donors (Lipinski definition) is 1. The van der Waals surface area contributed by atoms with Crippen LogP contribution in [-0.2, 0) is 6.42 Å². The van der Waals surface area contributed by atoms with Crippen LogP contribution in [0.3, 0.4) is 0 Å². The molecule has 0 bridgehead atoms. The number of benzene rings is 2. The molecule has 3 heterocycles. The van der Waals surface area contributed by atoms with Crippen LogP contribution in [-0.4, -0.2) is 33.0 Å². The van der Waals surface area contributed by atoms with Gasteiger partial charge in [0.05, 0.1) is 5.39 Å². The molecule has 5 aromatic rings. The van der Waals surface area contributed by atoms with Gasteiger partial charge < -0.3 is 14.6 Å². The second-order valence-electron chi connectivity index (χ2n) is 8.03. The maximum Gasteiger partial charge on any atom is 0.573 e. The zero-order chi connectivity index (χ0) is 25.1. The molecular weight excluding hydrogens is 491 g/mol. The summed E-state index contributed by atoms with van der Waals surface area (Å²) in [5, 5.41) is 8.21. The second-order valence-corrected chi connectivity index (χ2v) is 9.26. The first-order valence-corrected chi connectivity index (χ1v) is 11.9. The van der Waals surface area contributed by atoms with Crippen molar-refractivity contribution in [3.63, 3.8) is 0 Å². The van der Waals surface area contributed by atoms with Crippen LogP contribution in [0, 0.1) is 6.92 Å². The van der Waals surface area contributed by atoms with Crippen LogP contribution in [0.4, 0.5) is 19.0 Å². The Bertz CT molecular complexity index is 1450. The summed E-state index contributed by atoms with van der Waals surface area (Å²) in [6.45, 7) is 2.73. The highest BCUT2D eigenvalue weighted by Crippen LogP contribution is 2.30. The van der Waals surface area contributed by atoms with Crippen LogP contribution in [0.25, 0.3) is 33.0 Å². The van der Waals surface area contributed by atoms with Gasteiger partial charge in [-0.2, -0.15) is 4.98 Å². The topological polar surface area (TPSA) is 86.0 Å². The minimum atomic E-state index is -4.70. The van der Waals surface area contributed by atoms with E-state index in [1.165, 1.54) is 18.5 Å². The molecule has 0 aliphatic carbocycles. The van der Waals surface area contributed by atoms with Crippen molar-refractivity contribution in [3.8, 4) is 28.5 Å². The van der Waals surface area contributed by atoms with Crippen molar-refractivity contribution in [1.29, 1.82) is 0 Å². The predicted molar refractivity (Wildman–Crippen MR) is 131 cm³/mol. The summed E-state index contributed by atoms with van der Waals surface area (Å²) in [7, 11) is 0. The molecule has 7 nitrogen and oxygen atoms in total. The van der Waals surface area contributed by atoms with Crippen LogP contribution >= 0.6 is 11.3 Å². The lowest BCUT2D eigenvalue weighted by atomic mass is 10.0. The molecule has 0 spiro atoms. The lowest BCUT2D eigenvalue weighted by Gasteiger charge is -2.10. The standard InChI is InChI=1S/C25H20F3N5O2S/c1-15-13-20-21(31-23(32-24(20)36-15)22-30-14-34-33-22)29-12-2-3-16-4-6-17(7-5-16)18-8-10-19(11-9-18)35-25(26,27)28/h4-11,13-14H,2-3,12H2,1H3,(H,29,31,32). The average molecular weight is 512 g/mol. The Hall–Kier alpha value is -3.99. The largest absolute Gasteiger partial charge is 0.573 e. The van der Waals surface area contributed by atoms with Gasteiger partial charge in [0.2, 0.25) is 18.0 Å². The summed E-state index contributed by atoms with van der Waals surface area (Å²) in [4.78, 5) is 15.2. The van der Waals surface area contributed by atoms with Crippen LogP contribution < -0.4 is 10.1 Å². The van der Waals surface area contributed by atoms with Gasteiger partial charge >= 0.3 is 6.36 Å². The zero-order valence-corrected chi connectivity index (χ0v) is 19.9. The second kappa shape index (κ2) is 9.94. The number of anilines is 1. The Morgan fingerprint density at radius 3 is 2.36 bits per heavy atom. The molecule has 0 aliphatic heterocycles. The number of alkyl halides is 3. The van der Waals surface area contributed by atoms with Gasteiger partial charge in [-0.05, 0) is 54.7 Å². The Morgan fingerprint density at radius 2 is 1.69 bits per heavy atom. The number of ether oxygens (including phenoxy) is 1. The van der Waals surface area contributed by atoms with Crippen LogP contribution in [0.1, 0.15) is 16.9 Å². The molecule has 0 amide bonds. The van der Waals surface area contributed by atoms with Crippen molar-refractivity contribution in [1.82, 2.24) is 20.1 Å². The van der Waals surface area contributed by atoms with Gasteiger partial charge in [0, 0.05) is 11.4 Å². The number of rotatable bonds is 8. The van der Waals surface area contributed by atoms with E-state index in [0.29, 0.717) is 18.2 Å². The smallest absolute Gasteiger partial charge is 0.406 e. The van der Waals surface area contributed by atoms with Gasteiger partial charge in [-0.15, -0.1) is 24.5 Å². The third kappa shape index (κ3) is 5.62. The molecule has 0 atom stereocenters. The molecule has 2 aromatic carbocycles. The summed E-state index contributed by atoms with van der Waals surface area (Å²) >= 11 is 1.58. The first kappa shape index (κ1) is 23.7. The lowest BCUT2D eigenvalue weighted by Crippen LogP contribution is -2.16. The zero-order valence-electron chi connectivity index (χ0n) is 19.0. The minimum absolute atomic E-state index is 0.238. The van der Waals surface area contributed by atoms with E-state index in [-0.39, 0.29) is 5.75 Å². The van der Waals surface area contributed by atoms with Crippen molar-refractivity contribution in [2.45, 2.75) is 26.1 Å². The highest BCUT2D eigenvalue weighted by atomic mass is 32.1. The van der Waals surface area contributed by atoms with E-state index in [1.54, 1.807) is 23.5 Å².